The van der Waals surface area contributed by atoms with Gasteiger partial charge in [0.25, 0.3) is 20.0 Å². The molecule has 2 aliphatic heterocycles. The van der Waals surface area contributed by atoms with Crippen molar-refractivity contribution in [1.29, 1.82) is 0 Å². The number of anilines is 1. The van der Waals surface area contributed by atoms with Crippen LogP contribution in [0.1, 0.15) is 41.5 Å². The highest BCUT2D eigenvalue weighted by Crippen LogP contribution is 2.33. The first kappa shape index (κ1) is 49.6. The second-order valence-electron chi connectivity index (χ2n) is 16.6. The summed E-state index contributed by atoms with van der Waals surface area (Å²) in [5, 5.41) is 4.48. The molecule has 1 N–H and O–H groups in total. The van der Waals surface area contributed by atoms with Crippen LogP contribution in [0.3, 0.4) is 0 Å². The Morgan fingerprint density at radius 3 is 1.49 bits per heavy atom. The van der Waals surface area contributed by atoms with Gasteiger partial charge in [0.2, 0.25) is 0 Å². The molecule has 0 bridgehead atoms. The minimum atomic E-state index is -3.85. The van der Waals surface area contributed by atoms with E-state index in [9.17, 15) is 26.4 Å². The Labute approximate surface area is 399 Å². The number of piperazine rings is 2. The number of carbonyl (C=O) groups excluding carboxylic acids is 2. The third-order valence-electron chi connectivity index (χ3n) is 9.52. The summed E-state index contributed by atoms with van der Waals surface area (Å²) in [7, 11) is -7.60. The number of nitrogens with one attached hydrogen (secondary N) is 1. The first-order chi connectivity index (χ1) is 30.6. The summed E-state index contributed by atoms with van der Waals surface area (Å²) < 4.78 is 65.5. The zero-order chi connectivity index (χ0) is 47.3. The fourth-order valence-corrected chi connectivity index (χ4v) is 11.4. The van der Waals surface area contributed by atoms with Crippen LogP contribution in [0.5, 0.6) is 0 Å². The molecule has 348 valence electrons. The number of fused-ring (bicyclic) bond motifs is 2. The van der Waals surface area contributed by atoms with E-state index in [0.29, 0.717) is 57.6 Å². The first-order valence-corrected chi connectivity index (χ1v) is 25.1. The topological polar surface area (TPSA) is 204 Å². The number of nitrogens with zero attached hydrogens (tertiary/aromatic N) is 9. The van der Waals surface area contributed by atoms with E-state index in [4.69, 9.17) is 21.1 Å². The summed E-state index contributed by atoms with van der Waals surface area (Å²) in [4.78, 5) is 46.1. The highest BCUT2D eigenvalue weighted by atomic mass is 79.9. The second kappa shape index (κ2) is 20.3. The molecular formula is C42H49Br2ClN10O8S2. The zero-order valence-electron chi connectivity index (χ0n) is 36.5. The van der Waals surface area contributed by atoms with Crippen LogP contribution >= 0.6 is 43.5 Å². The van der Waals surface area contributed by atoms with E-state index in [0.717, 1.165) is 30.2 Å². The molecular weight excluding hydrogens is 1030 g/mol. The molecule has 6 aromatic rings. The molecule has 2 fully saturated rings. The van der Waals surface area contributed by atoms with Crippen molar-refractivity contribution in [3.63, 3.8) is 0 Å². The van der Waals surface area contributed by atoms with Gasteiger partial charge in [0.15, 0.2) is 11.3 Å². The van der Waals surface area contributed by atoms with E-state index in [-0.39, 0.29) is 38.4 Å². The number of halogens is 3. The van der Waals surface area contributed by atoms with Crippen LogP contribution in [0.25, 0.3) is 22.1 Å². The lowest BCUT2D eigenvalue weighted by molar-refractivity contribution is 0.0223. The Morgan fingerprint density at radius 1 is 0.615 bits per heavy atom. The Kier molecular flexibility index (Phi) is 15.5. The molecule has 6 heterocycles. The van der Waals surface area contributed by atoms with Crippen LogP contribution in [0.15, 0.2) is 104 Å². The largest absolute Gasteiger partial charge is 0.444 e. The van der Waals surface area contributed by atoms with Gasteiger partial charge < -0.3 is 29.5 Å². The van der Waals surface area contributed by atoms with Gasteiger partial charge in [-0.05, 0) is 110 Å². The van der Waals surface area contributed by atoms with Crippen LogP contribution in [0.2, 0.25) is 5.15 Å². The van der Waals surface area contributed by atoms with Gasteiger partial charge in [-0.3, -0.25) is 0 Å². The van der Waals surface area contributed by atoms with Crippen LogP contribution in [-0.4, -0.2) is 130 Å². The Balaban J connectivity index is 0.000000180. The third kappa shape index (κ3) is 11.9. The fourth-order valence-electron chi connectivity index (χ4n) is 6.58. The highest BCUT2D eigenvalue weighted by molar-refractivity contribution is 9.10. The van der Waals surface area contributed by atoms with Crippen LogP contribution in [0, 0.1) is 0 Å². The molecule has 4 aromatic heterocycles. The normalized spacial score (nSPS) is 14.9. The number of benzene rings is 2. The number of hydrogen-bond donors (Lipinski definition) is 1. The SMILES string of the molecule is CC(C)(C)OC(=O)N1CCN(c2ncnc3c2cc(Br)n3S(=O)(=O)c2ccccc2)CC1.CC(C)(C)OC(=O)N1CCNCC1.O=S(=O)(c1ccccc1)n1c(Br)cc2c(Cl)ncnc21. The number of rotatable bonds is 5. The number of amides is 2. The summed E-state index contributed by atoms with van der Waals surface area (Å²) in [5.74, 6) is 0.626. The van der Waals surface area contributed by atoms with Crippen molar-refractivity contribution < 1.29 is 35.9 Å². The maximum atomic E-state index is 13.3. The van der Waals surface area contributed by atoms with E-state index in [2.05, 4.69) is 57.1 Å². The molecule has 23 heteroatoms. The molecule has 18 nitrogen and oxygen atoms in total. The highest BCUT2D eigenvalue weighted by Gasteiger charge is 2.30. The minimum Gasteiger partial charge on any atom is -0.444 e. The zero-order valence-corrected chi connectivity index (χ0v) is 42.0. The predicted molar refractivity (Wildman–Crippen MR) is 254 cm³/mol. The number of aromatic nitrogens is 6. The monoisotopic (exact) mass is 1080 g/mol. The molecule has 0 spiro atoms. The van der Waals surface area contributed by atoms with Gasteiger partial charge in [-0.15, -0.1) is 0 Å². The molecule has 65 heavy (non-hydrogen) atoms. The van der Waals surface area contributed by atoms with E-state index >= 15 is 0 Å². The van der Waals surface area contributed by atoms with E-state index in [1.165, 1.54) is 28.8 Å². The van der Waals surface area contributed by atoms with Gasteiger partial charge in [-0.1, -0.05) is 48.0 Å². The summed E-state index contributed by atoms with van der Waals surface area (Å²) in [6.07, 6.45) is 2.05. The second-order valence-corrected chi connectivity index (χ2v) is 22.2. The van der Waals surface area contributed by atoms with Crippen LogP contribution < -0.4 is 10.2 Å². The summed E-state index contributed by atoms with van der Waals surface area (Å²) in [6, 6.07) is 19.6. The van der Waals surface area contributed by atoms with Crippen molar-refractivity contribution in [2.45, 2.75) is 62.5 Å². The average molecular weight is 1080 g/mol. The quantitative estimate of drug-likeness (QED) is 0.167. The predicted octanol–water partition coefficient (Wildman–Crippen LogP) is 7.40. The van der Waals surface area contributed by atoms with Gasteiger partial charge >= 0.3 is 12.2 Å². The fraction of sp³-hybridized carbons (Fsp3) is 0.381. The minimum absolute atomic E-state index is 0.171. The lowest BCUT2D eigenvalue weighted by atomic mass is 10.2. The molecule has 2 aromatic carbocycles. The van der Waals surface area contributed by atoms with E-state index < -0.39 is 25.6 Å². The van der Waals surface area contributed by atoms with Crippen LogP contribution in [-0.2, 0) is 29.5 Å². The lowest BCUT2D eigenvalue weighted by Crippen LogP contribution is -2.50. The van der Waals surface area contributed by atoms with Gasteiger partial charge in [0.1, 0.15) is 44.0 Å². The number of carbonyl (C=O) groups is 2. The summed E-state index contributed by atoms with van der Waals surface area (Å²) in [5.41, 5.74) is -0.407. The summed E-state index contributed by atoms with van der Waals surface area (Å²) >= 11 is 12.6. The number of hydrogen-bond acceptors (Lipinski definition) is 14. The van der Waals surface area contributed by atoms with Crippen molar-refractivity contribution in [2.24, 2.45) is 0 Å². The van der Waals surface area contributed by atoms with Crippen molar-refractivity contribution >= 4 is 104 Å². The Hall–Kier alpha value is -4.87. The molecule has 0 radical (unpaired) electrons. The average Bonchev–Trinajstić information content (AvgIpc) is 3.81. The molecule has 2 aliphatic rings. The van der Waals surface area contributed by atoms with E-state index in [1.54, 1.807) is 70.5 Å². The Morgan fingerprint density at radius 2 is 1.03 bits per heavy atom. The van der Waals surface area contributed by atoms with Gasteiger partial charge in [0.05, 0.1) is 20.6 Å². The van der Waals surface area contributed by atoms with Gasteiger partial charge in [0, 0.05) is 52.4 Å². The first-order valence-electron chi connectivity index (χ1n) is 20.3. The maximum absolute atomic E-state index is 13.3. The molecule has 0 aliphatic carbocycles. The molecule has 8 rings (SSSR count). The lowest BCUT2D eigenvalue weighted by Gasteiger charge is -2.36. The van der Waals surface area contributed by atoms with Crippen molar-refractivity contribution in [3.05, 3.63) is 99.8 Å². The number of ether oxygens (including phenoxy) is 2. The van der Waals surface area contributed by atoms with Gasteiger partial charge in [-0.2, -0.15) is 0 Å². The van der Waals surface area contributed by atoms with Crippen molar-refractivity contribution in [3.8, 4) is 0 Å². The molecule has 2 amide bonds. The summed E-state index contributed by atoms with van der Waals surface area (Å²) in [6.45, 7) is 16.4. The third-order valence-corrected chi connectivity index (χ3v) is 14.9. The Bertz CT molecular complexity index is 2860. The molecule has 0 atom stereocenters. The smallest absolute Gasteiger partial charge is 0.410 e. The molecule has 0 unspecified atom stereocenters. The maximum Gasteiger partial charge on any atom is 0.410 e. The standard InChI is InChI=1S/C21H24BrN5O4S.C12H7BrClN3O2S.C9H18N2O2/c1-21(2,3)31-20(28)26-11-9-25(10-12-26)18-16-13-17(22)27(19(16)24-14-23-18)32(29,30)15-7-5-4-6-8-15;13-10-6-9-11(14)15-7-16-12(9)17(10)20(18,19)8-4-2-1-3-5-8;1-9(2,3)13-8(12)11-6-4-10-5-7-11/h4-8,13-14H,9-12H2,1-3H3;1-7H;10H,4-7H2,1-3H3. The molecule has 0 saturated carbocycles. The van der Waals surface area contributed by atoms with E-state index in [1.807, 2.05) is 46.4 Å². The molecule has 2 saturated heterocycles. The van der Waals surface area contributed by atoms with Crippen molar-refractivity contribution in [1.82, 2.24) is 43.0 Å². The van der Waals surface area contributed by atoms with Gasteiger partial charge in [-0.25, -0.2) is 54.3 Å². The van der Waals surface area contributed by atoms with Crippen molar-refractivity contribution in [2.75, 3.05) is 57.3 Å². The van der Waals surface area contributed by atoms with Crippen LogP contribution in [0.4, 0.5) is 15.4 Å².